The van der Waals surface area contributed by atoms with E-state index >= 15 is 0 Å². The summed E-state index contributed by atoms with van der Waals surface area (Å²) in [7, 11) is 0. The van der Waals surface area contributed by atoms with Crippen LogP contribution in [0.2, 0.25) is 0 Å². The lowest BCUT2D eigenvalue weighted by molar-refractivity contribution is -0.117. The van der Waals surface area contributed by atoms with Gasteiger partial charge in [0.25, 0.3) is 5.56 Å². The Bertz CT molecular complexity index is 992. The van der Waals surface area contributed by atoms with Crippen LogP contribution in [0.1, 0.15) is 27.2 Å². The fourth-order valence-electron chi connectivity index (χ4n) is 2.61. The Morgan fingerprint density at radius 3 is 2.64 bits per heavy atom. The summed E-state index contributed by atoms with van der Waals surface area (Å²) in [5.74, 6) is 0.535. The first-order chi connectivity index (χ1) is 11.9. The molecule has 8 heteroatoms. The maximum absolute atomic E-state index is 12.9. The first-order valence-corrected chi connectivity index (χ1v) is 9.10. The molecular weight excluding hydrogens is 338 g/mol. The van der Waals surface area contributed by atoms with Gasteiger partial charge in [0.2, 0.25) is 11.7 Å². The Balaban J connectivity index is 2.25. The number of benzene rings is 1. The van der Waals surface area contributed by atoms with Crippen LogP contribution in [0.25, 0.3) is 16.7 Å². The summed E-state index contributed by atoms with van der Waals surface area (Å²) in [4.78, 5) is 24.3. The maximum Gasteiger partial charge on any atom is 0.262 e. The zero-order valence-electron chi connectivity index (χ0n) is 14.5. The molecule has 2 heterocycles. The highest BCUT2D eigenvalue weighted by Gasteiger charge is 2.20. The number of thioether (sulfide) groups is 1. The van der Waals surface area contributed by atoms with Crippen LogP contribution in [0.15, 0.2) is 34.2 Å². The molecule has 0 radical (unpaired) electrons. The minimum atomic E-state index is -0.442. The van der Waals surface area contributed by atoms with Crippen LogP contribution in [0.3, 0.4) is 0 Å². The molecule has 0 aliphatic rings. The van der Waals surface area contributed by atoms with E-state index in [1.807, 2.05) is 22.6 Å². The fourth-order valence-corrected chi connectivity index (χ4v) is 3.42. The van der Waals surface area contributed by atoms with E-state index in [1.54, 1.807) is 17.6 Å². The van der Waals surface area contributed by atoms with Crippen LogP contribution in [0.5, 0.6) is 0 Å². The predicted molar refractivity (Wildman–Crippen MR) is 98.7 cm³/mol. The molecule has 0 fully saturated rings. The molecule has 3 rings (SSSR count). The van der Waals surface area contributed by atoms with E-state index in [2.05, 4.69) is 24.0 Å². The number of amides is 1. The third-order valence-electron chi connectivity index (χ3n) is 4.09. The van der Waals surface area contributed by atoms with Crippen LogP contribution in [0, 0.1) is 5.92 Å². The first-order valence-electron chi connectivity index (χ1n) is 8.22. The Labute approximate surface area is 149 Å². The highest BCUT2D eigenvalue weighted by atomic mass is 32.2. The van der Waals surface area contributed by atoms with E-state index in [0.29, 0.717) is 28.8 Å². The van der Waals surface area contributed by atoms with Crippen molar-refractivity contribution in [1.82, 2.24) is 19.2 Å². The van der Waals surface area contributed by atoms with Gasteiger partial charge in [-0.05, 0) is 31.4 Å². The second kappa shape index (κ2) is 6.87. The van der Waals surface area contributed by atoms with Crippen molar-refractivity contribution < 1.29 is 4.79 Å². The van der Waals surface area contributed by atoms with Gasteiger partial charge >= 0.3 is 0 Å². The fraction of sp³-hybridized carbons (Fsp3) is 0.412. The highest BCUT2D eigenvalue weighted by molar-refractivity contribution is 8.00. The second-order valence-corrected chi connectivity index (χ2v) is 7.74. The molecule has 0 aliphatic heterocycles. The average molecular weight is 359 g/mol. The topological polar surface area (TPSA) is 95.3 Å². The number of carbonyl (C=O) groups is 1. The molecule has 1 amide bonds. The summed E-state index contributed by atoms with van der Waals surface area (Å²) in [6, 6.07) is 7.37. The summed E-state index contributed by atoms with van der Waals surface area (Å²) in [6.07, 6.45) is 0.862. The Morgan fingerprint density at radius 2 is 1.96 bits per heavy atom. The van der Waals surface area contributed by atoms with Crippen molar-refractivity contribution in [3.8, 4) is 0 Å². The summed E-state index contributed by atoms with van der Waals surface area (Å²) < 4.78 is 3.50. The van der Waals surface area contributed by atoms with Gasteiger partial charge in [0.1, 0.15) is 0 Å². The van der Waals surface area contributed by atoms with E-state index < -0.39 is 11.2 Å². The molecule has 0 saturated carbocycles. The van der Waals surface area contributed by atoms with Crippen molar-refractivity contribution in [2.75, 3.05) is 0 Å². The molecule has 1 atom stereocenters. The van der Waals surface area contributed by atoms with Gasteiger partial charge in [-0.3, -0.25) is 18.6 Å². The number of hydrogen-bond donors (Lipinski definition) is 1. The van der Waals surface area contributed by atoms with Crippen molar-refractivity contribution in [3.63, 3.8) is 0 Å². The lowest BCUT2D eigenvalue weighted by atomic mass is 10.1. The molecule has 2 N–H and O–H groups in total. The largest absolute Gasteiger partial charge is 0.369 e. The van der Waals surface area contributed by atoms with Gasteiger partial charge in [-0.1, -0.05) is 37.7 Å². The van der Waals surface area contributed by atoms with Crippen LogP contribution in [0.4, 0.5) is 0 Å². The Hall–Kier alpha value is -2.35. The normalized spacial score (nSPS) is 13.0. The van der Waals surface area contributed by atoms with Crippen LogP contribution in [-0.4, -0.2) is 30.3 Å². The molecule has 0 aliphatic carbocycles. The summed E-state index contributed by atoms with van der Waals surface area (Å²) in [6.45, 7) is 6.52. The van der Waals surface area contributed by atoms with Gasteiger partial charge in [-0.25, -0.2) is 0 Å². The number of fused-ring (bicyclic) bond motifs is 3. The third-order valence-corrected chi connectivity index (χ3v) is 5.15. The summed E-state index contributed by atoms with van der Waals surface area (Å²) >= 11 is 1.24. The molecule has 0 spiro atoms. The molecular formula is C17H21N5O2S. The molecule has 0 unspecified atom stereocenters. The number of para-hydroxylation sites is 1. The standard InChI is InChI=1S/C17H21N5O2S/c1-10(2)8-9-21-15(24)12-6-4-5-7-13(12)22-16(21)19-20-17(22)25-11(3)14(18)23/h4-7,10-11H,8-9H2,1-3H3,(H2,18,23)/t11-/m1/s1. The van der Waals surface area contributed by atoms with Crippen molar-refractivity contribution in [2.24, 2.45) is 11.7 Å². The van der Waals surface area contributed by atoms with Gasteiger partial charge in [0, 0.05) is 6.54 Å². The van der Waals surface area contributed by atoms with E-state index in [9.17, 15) is 9.59 Å². The SMILES string of the molecule is CC(C)CCn1c(=O)c2ccccc2n2c(S[C@H](C)C(N)=O)nnc12. The molecule has 0 bridgehead atoms. The van der Waals surface area contributed by atoms with E-state index in [4.69, 9.17) is 5.73 Å². The number of nitrogens with zero attached hydrogens (tertiary/aromatic N) is 4. The minimum absolute atomic E-state index is 0.0735. The lowest BCUT2D eigenvalue weighted by Crippen LogP contribution is -2.25. The van der Waals surface area contributed by atoms with Gasteiger partial charge in [0.05, 0.1) is 16.2 Å². The van der Waals surface area contributed by atoms with Crippen molar-refractivity contribution in [2.45, 2.75) is 44.1 Å². The predicted octanol–water partition coefficient (Wildman–Crippen LogP) is 2.06. The smallest absolute Gasteiger partial charge is 0.262 e. The van der Waals surface area contributed by atoms with E-state index in [-0.39, 0.29) is 5.56 Å². The molecule has 132 valence electrons. The zero-order valence-corrected chi connectivity index (χ0v) is 15.3. The zero-order chi connectivity index (χ0) is 18.1. The number of primary amides is 1. The van der Waals surface area contributed by atoms with Crippen molar-refractivity contribution in [1.29, 1.82) is 0 Å². The molecule has 2 aromatic heterocycles. The number of nitrogens with two attached hydrogens (primary N) is 1. The Kier molecular flexibility index (Phi) is 4.80. The van der Waals surface area contributed by atoms with Crippen LogP contribution in [-0.2, 0) is 11.3 Å². The van der Waals surface area contributed by atoms with Crippen LogP contribution < -0.4 is 11.3 Å². The van der Waals surface area contributed by atoms with Gasteiger partial charge < -0.3 is 5.73 Å². The lowest BCUT2D eigenvalue weighted by Gasteiger charge is -2.12. The van der Waals surface area contributed by atoms with E-state index in [1.165, 1.54) is 11.8 Å². The van der Waals surface area contributed by atoms with Gasteiger partial charge in [0.15, 0.2) is 5.16 Å². The highest BCUT2D eigenvalue weighted by Crippen LogP contribution is 2.25. The Morgan fingerprint density at radius 1 is 1.24 bits per heavy atom. The third kappa shape index (κ3) is 3.26. The first kappa shape index (κ1) is 17.5. The molecule has 7 nitrogen and oxygen atoms in total. The average Bonchev–Trinajstić information content (AvgIpc) is 2.98. The molecule has 25 heavy (non-hydrogen) atoms. The van der Waals surface area contributed by atoms with E-state index in [0.717, 1.165) is 11.9 Å². The molecule has 1 aromatic carbocycles. The number of carbonyl (C=O) groups excluding carboxylic acids is 1. The van der Waals surface area contributed by atoms with Crippen LogP contribution >= 0.6 is 11.8 Å². The van der Waals surface area contributed by atoms with Gasteiger partial charge in [-0.15, -0.1) is 10.2 Å². The molecule has 0 saturated heterocycles. The number of aryl methyl sites for hydroxylation is 1. The number of aromatic nitrogens is 4. The number of hydrogen-bond acceptors (Lipinski definition) is 5. The maximum atomic E-state index is 12.9. The minimum Gasteiger partial charge on any atom is -0.369 e. The molecule has 3 aromatic rings. The van der Waals surface area contributed by atoms with Crippen molar-refractivity contribution >= 4 is 34.3 Å². The second-order valence-electron chi connectivity index (χ2n) is 6.44. The van der Waals surface area contributed by atoms with Crippen molar-refractivity contribution in [3.05, 3.63) is 34.6 Å². The van der Waals surface area contributed by atoms with Gasteiger partial charge in [-0.2, -0.15) is 0 Å². The quantitative estimate of drug-likeness (QED) is 0.680. The summed E-state index contributed by atoms with van der Waals surface area (Å²) in [5, 5.41) is 9.14. The monoisotopic (exact) mass is 359 g/mol. The summed E-state index contributed by atoms with van der Waals surface area (Å²) in [5.41, 5.74) is 6.03. The number of rotatable bonds is 6.